The highest BCUT2D eigenvalue weighted by atomic mass is 32.1. The third kappa shape index (κ3) is 3.85. The number of isothiocyanates is 1. The van der Waals surface area contributed by atoms with Crippen molar-refractivity contribution in [2.45, 2.75) is 25.8 Å². The normalized spacial score (nSPS) is 13.5. The molecule has 0 heterocycles. The van der Waals surface area contributed by atoms with Crippen LogP contribution < -0.4 is 5.32 Å². The lowest BCUT2D eigenvalue weighted by Gasteiger charge is -2.21. The number of hydrogen-bond donors (Lipinski definition) is 1. The van der Waals surface area contributed by atoms with Crippen molar-refractivity contribution in [1.29, 1.82) is 0 Å². The topological polar surface area (TPSA) is 50.7 Å². The van der Waals surface area contributed by atoms with Crippen LogP contribution in [0.25, 0.3) is 11.1 Å². The van der Waals surface area contributed by atoms with Crippen LogP contribution in [-0.2, 0) is 4.74 Å². The summed E-state index contributed by atoms with van der Waals surface area (Å²) >= 11 is 4.61. The van der Waals surface area contributed by atoms with E-state index in [-0.39, 0.29) is 17.9 Å². The van der Waals surface area contributed by atoms with E-state index in [9.17, 15) is 4.79 Å². The van der Waals surface area contributed by atoms with Crippen LogP contribution in [0.5, 0.6) is 0 Å². The third-order valence-corrected chi connectivity index (χ3v) is 4.93. The molecule has 5 heteroatoms. The highest BCUT2D eigenvalue weighted by molar-refractivity contribution is 7.78. The number of fused-ring (bicyclic) bond motifs is 3. The summed E-state index contributed by atoms with van der Waals surface area (Å²) < 4.78 is 5.56. The maximum absolute atomic E-state index is 12.3. The van der Waals surface area contributed by atoms with Gasteiger partial charge in [0.25, 0.3) is 0 Å². The van der Waals surface area contributed by atoms with E-state index in [1.54, 1.807) is 0 Å². The highest BCUT2D eigenvalue weighted by Gasteiger charge is 2.29. The van der Waals surface area contributed by atoms with E-state index in [0.717, 1.165) is 0 Å². The van der Waals surface area contributed by atoms with Crippen LogP contribution in [0.15, 0.2) is 53.5 Å². The molecule has 3 rings (SSSR count). The molecular formula is C21H22N2O2S. The number of thiocarbonyl (C=S) groups is 1. The number of carbonyl (C=O) groups excluding carboxylic acids is 1. The fourth-order valence-corrected chi connectivity index (χ4v) is 3.42. The molecule has 0 fully saturated rings. The first-order valence-electron chi connectivity index (χ1n) is 8.77. The van der Waals surface area contributed by atoms with E-state index in [0.29, 0.717) is 13.2 Å². The maximum atomic E-state index is 12.3. The van der Waals surface area contributed by atoms with Crippen molar-refractivity contribution in [3.05, 3.63) is 59.7 Å². The first-order valence-corrected chi connectivity index (χ1v) is 9.17. The van der Waals surface area contributed by atoms with Gasteiger partial charge in [0, 0.05) is 5.92 Å². The zero-order valence-corrected chi connectivity index (χ0v) is 15.8. The number of nitrogens with zero attached hydrogens (tertiary/aromatic N) is 1. The molecule has 0 unspecified atom stereocenters. The van der Waals surface area contributed by atoms with E-state index < -0.39 is 6.09 Å². The Labute approximate surface area is 159 Å². The number of nitrogens with one attached hydrogen (secondary N) is 1. The molecule has 26 heavy (non-hydrogen) atoms. The molecule has 2 aromatic rings. The molecule has 0 aromatic heterocycles. The van der Waals surface area contributed by atoms with E-state index in [2.05, 4.69) is 52.0 Å². The van der Waals surface area contributed by atoms with Crippen molar-refractivity contribution in [1.82, 2.24) is 5.32 Å². The number of carbonyl (C=O) groups is 1. The molecule has 1 N–H and O–H groups in total. The first-order chi connectivity index (χ1) is 12.6. The second kappa shape index (κ2) is 8.26. The third-order valence-electron chi connectivity index (χ3n) is 4.80. The minimum Gasteiger partial charge on any atom is -0.449 e. The lowest BCUT2D eigenvalue weighted by molar-refractivity contribution is 0.136. The van der Waals surface area contributed by atoms with Gasteiger partial charge < -0.3 is 10.1 Å². The summed E-state index contributed by atoms with van der Waals surface area (Å²) in [5.41, 5.74) is 4.83. The Morgan fingerprint density at radius 2 is 1.73 bits per heavy atom. The van der Waals surface area contributed by atoms with Crippen molar-refractivity contribution in [2.75, 3.05) is 13.2 Å². The number of hydrogen-bond acceptors (Lipinski definition) is 4. The lowest BCUT2D eigenvalue weighted by Crippen LogP contribution is -2.41. The first kappa shape index (κ1) is 18.3. The van der Waals surface area contributed by atoms with E-state index in [1.807, 2.05) is 38.1 Å². The Bertz CT molecular complexity index is 798. The van der Waals surface area contributed by atoms with Gasteiger partial charge in [0.2, 0.25) is 0 Å². The average molecular weight is 366 g/mol. The number of aliphatic imine (C=N–C) groups is 1. The molecule has 4 nitrogen and oxygen atoms in total. The van der Waals surface area contributed by atoms with Crippen molar-refractivity contribution in [2.24, 2.45) is 10.9 Å². The Morgan fingerprint density at radius 1 is 1.15 bits per heavy atom. The van der Waals surface area contributed by atoms with Crippen LogP contribution in [0, 0.1) is 5.92 Å². The largest absolute Gasteiger partial charge is 0.449 e. The van der Waals surface area contributed by atoms with E-state index >= 15 is 0 Å². The smallest absolute Gasteiger partial charge is 0.407 e. The molecule has 1 amide bonds. The van der Waals surface area contributed by atoms with E-state index in [4.69, 9.17) is 4.74 Å². The zero-order chi connectivity index (χ0) is 18.5. The summed E-state index contributed by atoms with van der Waals surface area (Å²) in [6.45, 7) is 4.76. The van der Waals surface area contributed by atoms with Crippen molar-refractivity contribution >= 4 is 23.5 Å². The van der Waals surface area contributed by atoms with Gasteiger partial charge >= 0.3 is 6.09 Å². The summed E-state index contributed by atoms with van der Waals surface area (Å²) in [7, 11) is 0. The summed E-state index contributed by atoms with van der Waals surface area (Å²) in [6.07, 6.45) is -0.426. The maximum Gasteiger partial charge on any atom is 0.407 e. The van der Waals surface area contributed by atoms with Gasteiger partial charge in [-0.15, -0.1) is 0 Å². The monoisotopic (exact) mass is 366 g/mol. The van der Waals surface area contributed by atoms with E-state index in [1.165, 1.54) is 22.3 Å². The molecule has 1 atom stereocenters. The highest BCUT2D eigenvalue weighted by Crippen LogP contribution is 2.44. The molecule has 1 aliphatic carbocycles. The van der Waals surface area contributed by atoms with Crippen molar-refractivity contribution in [3.8, 4) is 11.1 Å². The van der Waals surface area contributed by atoms with Crippen LogP contribution in [0.4, 0.5) is 4.79 Å². The lowest BCUT2D eigenvalue weighted by atomic mass is 9.98. The summed E-state index contributed by atoms with van der Waals surface area (Å²) in [4.78, 5) is 16.2. The van der Waals surface area contributed by atoms with Gasteiger partial charge in [0.15, 0.2) is 0 Å². The average Bonchev–Trinajstić information content (AvgIpc) is 2.97. The SMILES string of the molecule is CC(C)[C@@H](CN=C=S)NC(=O)OCC1c2ccccc2-c2ccccc21. The zero-order valence-electron chi connectivity index (χ0n) is 14.9. The molecule has 0 aliphatic heterocycles. The number of ether oxygens (including phenoxy) is 1. The Kier molecular flexibility index (Phi) is 5.82. The Hall–Kier alpha value is -2.49. The fraction of sp³-hybridized carbons (Fsp3) is 0.333. The van der Waals surface area contributed by atoms with Crippen molar-refractivity contribution < 1.29 is 9.53 Å². The Balaban J connectivity index is 1.70. The summed E-state index contributed by atoms with van der Waals surface area (Å²) in [6, 6.07) is 16.4. The van der Waals surface area contributed by atoms with Crippen LogP contribution in [0.2, 0.25) is 0 Å². The summed E-state index contributed by atoms with van der Waals surface area (Å²) in [5, 5.41) is 5.22. The Morgan fingerprint density at radius 3 is 2.27 bits per heavy atom. The van der Waals surface area contributed by atoms with Crippen molar-refractivity contribution in [3.63, 3.8) is 0 Å². The molecule has 0 saturated heterocycles. The number of amides is 1. The van der Waals surface area contributed by atoms with Crippen LogP contribution in [-0.4, -0.2) is 30.4 Å². The summed E-state index contributed by atoms with van der Waals surface area (Å²) in [5.74, 6) is 0.284. The molecule has 1 aliphatic rings. The second-order valence-electron chi connectivity index (χ2n) is 6.75. The van der Waals surface area contributed by atoms with Gasteiger partial charge in [0.05, 0.1) is 17.7 Å². The molecule has 0 saturated carbocycles. The van der Waals surface area contributed by atoms with Crippen LogP contribution in [0.1, 0.15) is 30.9 Å². The van der Waals surface area contributed by atoms with Gasteiger partial charge in [-0.25, -0.2) is 9.79 Å². The van der Waals surface area contributed by atoms with Crippen LogP contribution >= 0.6 is 12.2 Å². The molecule has 0 bridgehead atoms. The quantitative estimate of drug-likeness (QED) is 0.598. The number of alkyl carbamates (subject to hydrolysis) is 1. The van der Waals surface area contributed by atoms with Gasteiger partial charge in [-0.2, -0.15) is 0 Å². The van der Waals surface area contributed by atoms with Gasteiger partial charge in [-0.1, -0.05) is 62.4 Å². The fourth-order valence-electron chi connectivity index (χ4n) is 3.35. The predicted octanol–water partition coefficient (Wildman–Crippen LogP) is 4.65. The van der Waals surface area contributed by atoms with Gasteiger partial charge in [0.1, 0.15) is 6.61 Å². The molecule has 0 radical (unpaired) electrons. The van der Waals surface area contributed by atoms with Crippen LogP contribution in [0.3, 0.4) is 0 Å². The van der Waals surface area contributed by atoms with Gasteiger partial charge in [-0.3, -0.25) is 0 Å². The number of benzene rings is 2. The minimum absolute atomic E-state index is 0.0599. The minimum atomic E-state index is -0.426. The second-order valence-corrected chi connectivity index (χ2v) is 6.93. The predicted molar refractivity (Wildman–Crippen MR) is 107 cm³/mol. The molecule has 0 spiro atoms. The molecule has 2 aromatic carbocycles. The van der Waals surface area contributed by atoms with Gasteiger partial charge in [-0.05, 0) is 40.4 Å². The molecule has 134 valence electrons. The molecular weight excluding hydrogens is 344 g/mol. The number of rotatable bonds is 6. The standard InChI is InChI=1S/C21H22N2O2S/c1-14(2)20(11-22-13-26)23-21(24)25-12-19-17-9-5-3-7-15(17)16-8-4-6-10-18(16)19/h3-10,14,19-20H,11-12H2,1-2H3,(H,23,24)/t20-/m1/s1.